The Balaban J connectivity index is 1.76. The molecule has 12 heteroatoms. The van der Waals surface area contributed by atoms with Gasteiger partial charge in [0.2, 0.25) is 21.8 Å². The number of anilines is 1. The van der Waals surface area contributed by atoms with Gasteiger partial charge in [-0.1, -0.05) is 91.0 Å². The second kappa shape index (κ2) is 14.7. The number of carbonyl (C=O) groups excluding carboxylic acids is 2. The van der Waals surface area contributed by atoms with Crippen molar-refractivity contribution in [3.63, 3.8) is 0 Å². The van der Waals surface area contributed by atoms with E-state index < -0.39 is 45.9 Å². The van der Waals surface area contributed by atoms with Crippen LogP contribution in [-0.2, 0) is 38.8 Å². The molecule has 1 saturated carbocycles. The summed E-state index contributed by atoms with van der Waals surface area (Å²) >= 11 is 6.22. The van der Waals surface area contributed by atoms with Crippen LogP contribution in [-0.4, -0.2) is 50.0 Å². The van der Waals surface area contributed by atoms with E-state index in [0.717, 1.165) is 61.6 Å². The molecule has 3 aromatic carbocycles. The molecule has 0 unspecified atom stereocenters. The number of benzene rings is 3. The van der Waals surface area contributed by atoms with Crippen LogP contribution in [0.25, 0.3) is 0 Å². The molecule has 0 spiro atoms. The molecule has 0 heterocycles. The number of nitrogens with zero attached hydrogens (tertiary/aromatic N) is 2. The third-order valence-corrected chi connectivity index (χ3v) is 9.36. The quantitative estimate of drug-likeness (QED) is 0.253. The minimum atomic E-state index is -4.78. The topological polar surface area (TPSA) is 86.8 Å². The molecule has 7 nitrogen and oxygen atoms in total. The zero-order chi connectivity index (χ0) is 32.8. The molecule has 1 fully saturated rings. The highest BCUT2D eigenvalue weighted by atomic mass is 35.5. The van der Waals surface area contributed by atoms with Crippen LogP contribution in [0.1, 0.15) is 54.4 Å². The molecule has 0 aliphatic heterocycles. The van der Waals surface area contributed by atoms with E-state index in [-0.39, 0.29) is 29.9 Å². The maximum atomic E-state index is 14.2. The molecule has 1 aliphatic carbocycles. The van der Waals surface area contributed by atoms with E-state index in [1.54, 1.807) is 0 Å². The summed E-state index contributed by atoms with van der Waals surface area (Å²) in [4.78, 5) is 29.5. The lowest BCUT2D eigenvalue weighted by Gasteiger charge is -2.35. The number of halogens is 4. The first-order chi connectivity index (χ1) is 21.2. The van der Waals surface area contributed by atoms with Crippen molar-refractivity contribution in [2.45, 2.75) is 70.3 Å². The molecule has 1 aliphatic rings. The number of carbonyl (C=O) groups is 2. The zero-order valence-corrected chi connectivity index (χ0v) is 26.8. The first-order valence-electron chi connectivity index (χ1n) is 14.8. The maximum absolute atomic E-state index is 14.2. The summed E-state index contributed by atoms with van der Waals surface area (Å²) in [5.41, 5.74) is 0.858. The Labute approximate surface area is 267 Å². The highest BCUT2D eigenvalue weighted by Gasteiger charge is 2.36. The van der Waals surface area contributed by atoms with Crippen molar-refractivity contribution in [2.24, 2.45) is 0 Å². The maximum Gasteiger partial charge on any atom is 0.416 e. The van der Waals surface area contributed by atoms with Crippen molar-refractivity contribution in [1.29, 1.82) is 0 Å². The van der Waals surface area contributed by atoms with E-state index in [1.807, 2.05) is 61.5 Å². The van der Waals surface area contributed by atoms with Crippen molar-refractivity contribution >= 4 is 39.1 Å². The van der Waals surface area contributed by atoms with Gasteiger partial charge in [0.1, 0.15) is 12.6 Å². The van der Waals surface area contributed by atoms with Crippen LogP contribution in [0.15, 0.2) is 72.8 Å². The first-order valence-corrected chi connectivity index (χ1v) is 17.0. The molecular formula is C33H37ClF3N3O4S. The molecule has 242 valence electrons. The SMILES string of the molecule is Cc1ccc(CN(C(=O)CN(c2cc(C(F)(F)F)ccc2Cl)S(C)(=O)=O)[C@H](Cc2ccccc2)C(=O)NC2CCCCC2)cc1. The Morgan fingerprint density at radius 1 is 0.956 bits per heavy atom. The van der Waals surface area contributed by atoms with Gasteiger partial charge in [-0.2, -0.15) is 13.2 Å². The first kappa shape index (κ1) is 34.3. The summed E-state index contributed by atoms with van der Waals surface area (Å²) in [6.07, 6.45) is 0.803. The second-order valence-electron chi connectivity index (χ2n) is 11.5. The number of aryl methyl sites for hydroxylation is 1. The van der Waals surface area contributed by atoms with E-state index in [4.69, 9.17) is 11.6 Å². The molecule has 2 amide bonds. The van der Waals surface area contributed by atoms with Crippen molar-refractivity contribution in [3.05, 3.63) is 100 Å². The molecule has 0 bridgehead atoms. The summed E-state index contributed by atoms with van der Waals surface area (Å²) in [6, 6.07) is 17.7. The minimum Gasteiger partial charge on any atom is -0.352 e. The van der Waals surface area contributed by atoms with Gasteiger partial charge in [-0.05, 0) is 49.1 Å². The Bertz CT molecular complexity index is 1580. The zero-order valence-electron chi connectivity index (χ0n) is 25.2. The third kappa shape index (κ3) is 9.46. The molecular weight excluding hydrogens is 627 g/mol. The average molecular weight is 664 g/mol. The molecule has 0 aromatic heterocycles. The predicted octanol–water partition coefficient (Wildman–Crippen LogP) is 6.52. The lowest BCUT2D eigenvalue weighted by molar-refractivity contribution is -0.140. The summed E-state index contributed by atoms with van der Waals surface area (Å²) in [5.74, 6) is -1.15. The summed E-state index contributed by atoms with van der Waals surface area (Å²) in [5, 5.41) is 2.83. The number of alkyl halides is 3. The Morgan fingerprint density at radius 2 is 1.60 bits per heavy atom. The standard InChI is InChI=1S/C33H37ClF3N3O4S/c1-23-13-15-25(16-14-23)21-39(30(19-24-9-5-3-6-10-24)32(42)38-27-11-7-4-8-12-27)31(41)22-40(45(2,43)44)29-20-26(33(35,36)37)17-18-28(29)34/h3,5-6,9-10,13-18,20,27,30H,4,7-8,11-12,19,21-22H2,1-2H3,(H,38,42)/t30-/m1/s1. The fraction of sp³-hybridized carbons (Fsp3) is 0.394. The van der Waals surface area contributed by atoms with E-state index in [0.29, 0.717) is 15.9 Å². The van der Waals surface area contributed by atoms with Crippen LogP contribution in [0.5, 0.6) is 0 Å². The average Bonchev–Trinajstić information content (AvgIpc) is 2.99. The van der Waals surface area contributed by atoms with Crippen molar-refractivity contribution in [3.8, 4) is 0 Å². The van der Waals surface area contributed by atoms with Crippen LogP contribution >= 0.6 is 11.6 Å². The van der Waals surface area contributed by atoms with Crippen molar-refractivity contribution in [1.82, 2.24) is 10.2 Å². The Kier molecular flexibility index (Phi) is 11.2. The summed E-state index contributed by atoms with van der Waals surface area (Å²) < 4.78 is 67.3. The number of hydrogen-bond donors (Lipinski definition) is 1. The number of hydrogen-bond acceptors (Lipinski definition) is 4. The lowest BCUT2D eigenvalue weighted by Crippen LogP contribution is -2.55. The van der Waals surface area contributed by atoms with Gasteiger partial charge >= 0.3 is 6.18 Å². The fourth-order valence-electron chi connectivity index (χ4n) is 5.46. The van der Waals surface area contributed by atoms with Gasteiger partial charge in [-0.25, -0.2) is 8.42 Å². The molecule has 4 rings (SSSR count). The van der Waals surface area contributed by atoms with Crippen molar-refractivity contribution < 1.29 is 31.2 Å². The van der Waals surface area contributed by atoms with E-state index in [1.165, 1.54) is 4.90 Å². The normalized spacial score (nSPS) is 14.9. The van der Waals surface area contributed by atoms with Gasteiger partial charge in [0.05, 0.1) is 22.5 Å². The second-order valence-corrected chi connectivity index (χ2v) is 13.8. The minimum absolute atomic E-state index is 0.0391. The van der Waals surface area contributed by atoms with Crippen molar-refractivity contribution in [2.75, 3.05) is 17.1 Å². The van der Waals surface area contributed by atoms with Gasteiger partial charge in [0.25, 0.3) is 0 Å². The van der Waals surface area contributed by atoms with Crippen LogP contribution in [0.2, 0.25) is 5.02 Å². The van der Waals surface area contributed by atoms with Crippen LogP contribution in [0, 0.1) is 6.92 Å². The predicted molar refractivity (Wildman–Crippen MR) is 169 cm³/mol. The van der Waals surface area contributed by atoms with Gasteiger partial charge in [0.15, 0.2) is 0 Å². The van der Waals surface area contributed by atoms with Crippen LogP contribution in [0.3, 0.4) is 0 Å². The molecule has 45 heavy (non-hydrogen) atoms. The number of amides is 2. The van der Waals surface area contributed by atoms with Crippen LogP contribution < -0.4 is 9.62 Å². The molecule has 0 radical (unpaired) electrons. The largest absolute Gasteiger partial charge is 0.416 e. The highest BCUT2D eigenvalue weighted by molar-refractivity contribution is 7.92. The Morgan fingerprint density at radius 3 is 2.20 bits per heavy atom. The Hall–Kier alpha value is -3.57. The lowest BCUT2D eigenvalue weighted by atomic mass is 9.94. The van der Waals surface area contributed by atoms with Gasteiger partial charge in [-0.3, -0.25) is 13.9 Å². The van der Waals surface area contributed by atoms with Gasteiger partial charge in [0, 0.05) is 19.0 Å². The monoisotopic (exact) mass is 663 g/mol. The van der Waals surface area contributed by atoms with E-state index in [2.05, 4.69) is 5.32 Å². The molecule has 1 atom stereocenters. The number of sulfonamides is 1. The smallest absolute Gasteiger partial charge is 0.352 e. The fourth-order valence-corrected chi connectivity index (χ4v) is 6.59. The summed E-state index contributed by atoms with van der Waals surface area (Å²) in [7, 11) is -4.30. The van der Waals surface area contributed by atoms with Gasteiger partial charge in [-0.15, -0.1) is 0 Å². The highest BCUT2D eigenvalue weighted by Crippen LogP contribution is 2.36. The summed E-state index contributed by atoms with van der Waals surface area (Å²) in [6.45, 7) is 1.00. The number of rotatable bonds is 11. The van der Waals surface area contributed by atoms with E-state index in [9.17, 15) is 31.2 Å². The molecule has 1 N–H and O–H groups in total. The third-order valence-electron chi connectivity index (χ3n) is 7.92. The molecule has 3 aromatic rings. The molecule has 0 saturated heterocycles. The number of nitrogens with one attached hydrogen (secondary N) is 1. The van der Waals surface area contributed by atoms with Crippen LogP contribution in [0.4, 0.5) is 18.9 Å². The van der Waals surface area contributed by atoms with Gasteiger partial charge < -0.3 is 10.2 Å². The van der Waals surface area contributed by atoms with E-state index >= 15 is 0 Å².